The summed E-state index contributed by atoms with van der Waals surface area (Å²) in [5, 5.41) is 13.9. The van der Waals surface area contributed by atoms with E-state index in [1.165, 1.54) is 12.8 Å². The predicted molar refractivity (Wildman–Crippen MR) is 111 cm³/mol. The van der Waals surface area contributed by atoms with Gasteiger partial charge in [0.1, 0.15) is 5.76 Å². The molecule has 8 nitrogen and oxygen atoms in total. The molecule has 1 aliphatic rings. The number of anilines is 1. The van der Waals surface area contributed by atoms with Crippen LogP contribution in [0.4, 0.5) is 5.95 Å². The quantitative estimate of drug-likeness (QED) is 0.520. The molecule has 1 aliphatic heterocycles. The van der Waals surface area contributed by atoms with Gasteiger partial charge in [-0.05, 0) is 37.8 Å². The van der Waals surface area contributed by atoms with Crippen molar-refractivity contribution in [1.29, 1.82) is 0 Å². The zero-order chi connectivity index (χ0) is 20.4. The van der Waals surface area contributed by atoms with Crippen molar-refractivity contribution in [1.82, 2.24) is 24.9 Å². The van der Waals surface area contributed by atoms with Gasteiger partial charge in [-0.25, -0.2) is 0 Å². The van der Waals surface area contributed by atoms with Crippen LogP contribution >= 0.6 is 11.8 Å². The molecule has 4 heterocycles. The number of nitrogens with zero attached hydrogens (tertiary/aromatic N) is 6. The summed E-state index contributed by atoms with van der Waals surface area (Å²) in [6, 6.07) is 3.89. The average Bonchev–Trinajstić information content (AvgIpc) is 3.45. The van der Waals surface area contributed by atoms with Gasteiger partial charge in [0.25, 0.3) is 0 Å². The van der Waals surface area contributed by atoms with E-state index < -0.39 is 0 Å². The molecule has 0 radical (unpaired) electrons. The van der Waals surface area contributed by atoms with Gasteiger partial charge in [-0.2, -0.15) is 4.98 Å². The van der Waals surface area contributed by atoms with Crippen molar-refractivity contribution in [2.45, 2.75) is 63.4 Å². The van der Waals surface area contributed by atoms with Crippen LogP contribution < -0.4 is 4.90 Å². The highest BCUT2D eigenvalue weighted by atomic mass is 32.2. The first-order chi connectivity index (χ1) is 14.0. The molecule has 4 rings (SSSR count). The fourth-order valence-corrected chi connectivity index (χ4v) is 4.24. The van der Waals surface area contributed by atoms with Crippen LogP contribution in [0.3, 0.4) is 0 Å². The topological polar surface area (TPSA) is 86.0 Å². The minimum Gasteiger partial charge on any atom is -0.467 e. The molecule has 156 valence electrons. The molecule has 0 bridgehead atoms. The molecule has 0 aliphatic carbocycles. The average molecular weight is 417 g/mol. The lowest BCUT2D eigenvalue weighted by molar-refractivity contribution is 0.372. The third kappa shape index (κ3) is 4.49. The van der Waals surface area contributed by atoms with E-state index in [1.807, 2.05) is 12.1 Å². The second kappa shape index (κ2) is 8.61. The van der Waals surface area contributed by atoms with Gasteiger partial charge < -0.3 is 13.8 Å². The molecule has 1 atom stereocenters. The van der Waals surface area contributed by atoms with Gasteiger partial charge in [-0.1, -0.05) is 37.7 Å². The molecule has 1 fully saturated rings. The van der Waals surface area contributed by atoms with Crippen molar-refractivity contribution in [2.75, 3.05) is 18.0 Å². The lowest BCUT2D eigenvalue weighted by Gasteiger charge is -2.31. The van der Waals surface area contributed by atoms with Crippen LogP contribution in [0.15, 0.2) is 32.5 Å². The van der Waals surface area contributed by atoms with E-state index >= 15 is 0 Å². The molecule has 3 aromatic heterocycles. The summed E-state index contributed by atoms with van der Waals surface area (Å²) in [7, 11) is 0. The number of rotatable bonds is 7. The molecule has 0 amide bonds. The SMILES string of the molecule is CC1CCN(c2nnc(SC(C)c3nc(C(C)C)no3)n2Cc2ccco2)CC1. The minimum absolute atomic E-state index is 0.0243. The van der Waals surface area contributed by atoms with E-state index in [0.29, 0.717) is 12.4 Å². The maximum Gasteiger partial charge on any atom is 0.239 e. The van der Waals surface area contributed by atoms with Crippen LogP contribution in [-0.4, -0.2) is 38.0 Å². The zero-order valence-corrected chi connectivity index (χ0v) is 18.2. The smallest absolute Gasteiger partial charge is 0.239 e. The third-order valence-electron chi connectivity index (χ3n) is 5.26. The van der Waals surface area contributed by atoms with Crippen molar-refractivity contribution in [2.24, 2.45) is 5.92 Å². The summed E-state index contributed by atoms with van der Waals surface area (Å²) in [4.78, 5) is 6.86. The fourth-order valence-electron chi connectivity index (χ4n) is 3.36. The molecule has 0 spiro atoms. The van der Waals surface area contributed by atoms with E-state index in [-0.39, 0.29) is 11.2 Å². The summed E-state index contributed by atoms with van der Waals surface area (Å²) in [6.07, 6.45) is 4.04. The Labute approximate surface area is 175 Å². The fraction of sp³-hybridized carbons (Fsp3) is 0.600. The second-order valence-corrected chi connectivity index (χ2v) is 9.33. The van der Waals surface area contributed by atoms with Gasteiger partial charge in [0.15, 0.2) is 11.0 Å². The highest BCUT2D eigenvalue weighted by Crippen LogP contribution is 2.35. The summed E-state index contributed by atoms with van der Waals surface area (Å²) in [5.41, 5.74) is 0. The predicted octanol–water partition coefficient (Wildman–Crippen LogP) is 4.52. The van der Waals surface area contributed by atoms with E-state index in [1.54, 1.807) is 18.0 Å². The molecular formula is C20H28N6O2S. The molecule has 29 heavy (non-hydrogen) atoms. The summed E-state index contributed by atoms with van der Waals surface area (Å²) in [5.74, 6) is 4.11. The second-order valence-electron chi connectivity index (χ2n) is 8.02. The lowest BCUT2D eigenvalue weighted by Crippen LogP contribution is -2.35. The van der Waals surface area contributed by atoms with E-state index in [4.69, 9.17) is 8.94 Å². The van der Waals surface area contributed by atoms with Gasteiger partial charge in [0.2, 0.25) is 11.8 Å². The number of piperidine rings is 1. The van der Waals surface area contributed by atoms with E-state index in [2.05, 4.69) is 57.5 Å². The normalized spacial score (nSPS) is 16.7. The summed E-state index contributed by atoms with van der Waals surface area (Å²) >= 11 is 1.58. The van der Waals surface area contributed by atoms with Crippen molar-refractivity contribution in [3.8, 4) is 0 Å². The molecule has 1 saturated heterocycles. The Morgan fingerprint density at radius 1 is 1.21 bits per heavy atom. The van der Waals surface area contributed by atoms with Crippen molar-refractivity contribution >= 4 is 17.7 Å². The maximum absolute atomic E-state index is 5.60. The minimum atomic E-state index is -0.0243. The number of thioether (sulfide) groups is 1. The Morgan fingerprint density at radius 3 is 2.66 bits per heavy atom. The standard InChI is InChI=1S/C20H28N6O2S/c1-13(2)17-21-18(28-24-17)15(4)29-20-23-22-19(25-9-7-14(3)8-10-25)26(20)12-16-6-5-11-27-16/h5-6,11,13-15H,7-10,12H2,1-4H3. The lowest BCUT2D eigenvalue weighted by atomic mass is 10.00. The third-order valence-corrected chi connectivity index (χ3v) is 6.33. The van der Waals surface area contributed by atoms with Crippen LogP contribution in [0.2, 0.25) is 0 Å². The molecule has 0 saturated carbocycles. The highest BCUT2D eigenvalue weighted by molar-refractivity contribution is 7.99. The monoisotopic (exact) mass is 416 g/mol. The van der Waals surface area contributed by atoms with Gasteiger partial charge >= 0.3 is 0 Å². The van der Waals surface area contributed by atoms with Gasteiger partial charge in [-0.15, -0.1) is 10.2 Å². The molecule has 0 aromatic carbocycles. The number of hydrogen-bond donors (Lipinski definition) is 0. The Morgan fingerprint density at radius 2 is 2.00 bits per heavy atom. The number of aromatic nitrogens is 5. The Balaban J connectivity index is 1.58. The first-order valence-electron chi connectivity index (χ1n) is 10.2. The maximum atomic E-state index is 5.60. The van der Waals surface area contributed by atoms with Crippen LogP contribution in [0.5, 0.6) is 0 Å². The van der Waals surface area contributed by atoms with Crippen molar-refractivity contribution < 1.29 is 8.94 Å². The summed E-state index contributed by atoms with van der Waals surface area (Å²) < 4.78 is 13.2. The first-order valence-corrected chi connectivity index (χ1v) is 11.1. The van der Waals surface area contributed by atoms with Gasteiger partial charge in [0, 0.05) is 19.0 Å². The van der Waals surface area contributed by atoms with Crippen LogP contribution in [0.1, 0.15) is 69.2 Å². The Hall–Kier alpha value is -2.29. The zero-order valence-electron chi connectivity index (χ0n) is 17.4. The molecule has 1 unspecified atom stereocenters. The largest absolute Gasteiger partial charge is 0.467 e. The van der Waals surface area contributed by atoms with Gasteiger partial charge in [0.05, 0.1) is 18.1 Å². The molecule has 9 heteroatoms. The molecular weight excluding hydrogens is 388 g/mol. The summed E-state index contributed by atoms with van der Waals surface area (Å²) in [6.45, 7) is 11.1. The first kappa shape index (κ1) is 20.0. The Bertz CT molecular complexity index is 911. The van der Waals surface area contributed by atoms with Crippen molar-refractivity contribution in [3.63, 3.8) is 0 Å². The van der Waals surface area contributed by atoms with Crippen LogP contribution in [0.25, 0.3) is 0 Å². The van der Waals surface area contributed by atoms with Crippen LogP contribution in [-0.2, 0) is 6.54 Å². The highest BCUT2D eigenvalue weighted by Gasteiger charge is 2.26. The van der Waals surface area contributed by atoms with Crippen LogP contribution in [0, 0.1) is 5.92 Å². The van der Waals surface area contributed by atoms with Crippen molar-refractivity contribution in [3.05, 3.63) is 35.9 Å². The number of hydrogen-bond acceptors (Lipinski definition) is 8. The van der Waals surface area contributed by atoms with Gasteiger partial charge in [-0.3, -0.25) is 4.57 Å². The molecule has 3 aromatic rings. The molecule has 0 N–H and O–H groups in total. The Kier molecular flexibility index (Phi) is 5.94. The van der Waals surface area contributed by atoms with E-state index in [0.717, 1.165) is 41.7 Å². The number of furan rings is 1. The van der Waals surface area contributed by atoms with E-state index in [9.17, 15) is 0 Å².